The summed E-state index contributed by atoms with van der Waals surface area (Å²) >= 11 is 3.28. The monoisotopic (exact) mass is 310 g/mol. The van der Waals surface area contributed by atoms with Crippen molar-refractivity contribution in [1.82, 2.24) is 5.32 Å². The molecule has 1 aliphatic heterocycles. The molecule has 2 rings (SSSR count). The summed E-state index contributed by atoms with van der Waals surface area (Å²) in [6, 6.07) is 6.97. The maximum Gasteiger partial charge on any atom is 0.239 e. The second kappa shape index (κ2) is 4.89. The Morgan fingerprint density at radius 2 is 1.83 bits per heavy atom. The van der Waals surface area contributed by atoms with E-state index in [1.165, 1.54) is 0 Å². The SMILES string of the molecule is CC1C(=O)NC(=O)C1C(=O)Nc1ccc(Br)cc1. The van der Waals surface area contributed by atoms with Crippen molar-refractivity contribution in [2.45, 2.75) is 6.92 Å². The molecule has 2 N–H and O–H groups in total. The number of rotatable bonds is 2. The molecular formula is C12H11BrN2O3. The summed E-state index contributed by atoms with van der Waals surface area (Å²) in [5.41, 5.74) is 0.586. The molecule has 1 aromatic carbocycles. The van der Waals surface area contributed by atoms with E-state index in [0.29, 0.717) is 5.69 Å². The van der Waals surface area contributed by atoms with Crippen LogP contribution in [-0.4, -0.2) is 17.7 Å². The Morgan fingerprint density at radius 3 is 2.33 bits per heavy atom. The van der Waals surface area contributed by atoms with Gasteiger partial charge in [0.15, 0.2) is 0 Å². The molecule has 6 heteroatoms. The summed E-state index contributed by atoms with van der Waals surface area (Å²) in [6.07, 6.45) is 0. The molecule has 0 spiro atoms. The van der Waals surface area contributed by atoms with Crippen molar-refractivity contribution in [3.05, 3.63) is 28.7 Å². The fourth-order valence-corrected chi connectivity index (χ4v) is 2.06. The van der Waals surface area contributed by atoms with Gasteiger partial charge < -0.3 is 5.32 Å². The molecule has 18 heavy (non-hydrogen) atoms. The molecule has 0 aliphatic carbocycles. The number of hydrogen-bond donors (Lipinski definition) is 2. The van der Waals surface area contributed by atoms with Gasteiger partial charge >= 0.3 is 0 Å². The minimum Gasteiger partial charge on any atom is -0.325 e. The number of halogens is 1. The molecule has 94 valence electrons. The van der Waals surface area contributed by atoms with Gasteiger partial charge in [-0.05, 0) is 24.3 Å². The average Bonchev–Trinajstić information content (AvgIpc) is 2.56. The first-order valence-corrected chi connectivity index (χ1v) is 6.19. The van der Waals surface area contributed by atoms with Gasteiger partial charge in [0.2, 0.25) is 17.7 Å². The van der Waals surface area contributed by atoms with E-state index in [2.05, 4.69) is 26.6 Å². The number of nitrogens with one attached hydrogen (secondary N) is 2. The topological polar surface area (TPSA) is 75.3 Å². The number of imide groups is 1. The van der Waals surface area contributed by atoms with Crippen LogP contribution in [0.4, 0.5) is 5.69 Å². The second-order valence-corrected chi connectivity index (χ2v) is 5.03. The van der Waals surface area contributed by atoms with Crippen LogP contribution >= 0.6 is 15.9 Å². The Kier molecular flexibility index (Phi) is 3.47. The van der Waals surface area contributed by atoms with E-state index in [1.807, 2.05) is 0 Å². The molecule has 1 saturated heterocycles. The van der Waals surface area contributed by atoms with Crippen molar-refractivity contribution in [2.75, 3.05) is 5.32 Å². The molecule has 2 atom stereocenters. The lowest BCUT2D eigenvalue weighted by Gasteiger charge is -2.11. The van der Waals surface area contributed by atoms with Crippen LogP contribution in [0.15, 0.2) is 28.7 Å². The van der Waals surface area contributed by atoms with Gasteiger partial charge in [0.25, 0.3) is 0 Å². The third kappa shape index (κ3) is 2.43. The highest BCUT2D eigenvalue weighted by molar-refractivity contribution is 9.10. The number of anilines is 1. The zero-order valence-corrected chi connectivity index (χ0v) is 11.2. The molecule has 1 aliphatic rings. The molecule has 0 saturated carbocycles. The first-order valence-electron chi connectivity index (χ1n) is 5.40. The van der Waals surface area contributed by atoms with Gasteiger partial charge in [-0.2, -0.15) is 0 Å². The fraction of sp³-hybridized carbons (Fsp3) is 0.250. The minimum absolute atomic E-state index is 0.407. The fourth-order valence-electron chi connectivity index (χ4n) is 1.79. The Balaban J connectivity index is 2.10. The van der Waals surface area contributed by atoms with Crippen molar-refractivity contribution < 1.29 is 14.4 Å². The molecule has 0 radical (unpaired) electrons. The largest absolute Gasteiger partial charge is 0.325 e. The standard InChI is InChI=1S/C12H11BrN2O3/c1-6-9(12(18)15-10(6)16)11(17)14-8-4-2-7(13)3-5-8/h2-6,9H,1H3,(H,14,17)(H,15,16,18). The summed E-state index contributed by atoms with van der Waals surface area (Å²) in [5.74, 6) is -3.00. The van der Waals surface area contributed by atoms with E-state index in [-0.39, 0.29) is 0 Å². The quantitative estimate of drug-likeness (QED) is 0.638. The number of carbonyl (C=O) groups excluding carboxylic acids is 3. The van der Waals surface area contributed by atoms with Crippen LogP contribution in [0.25, 0.3) is 0 Å². The predicted octanol–water partition coefficient (Wildman–Crippen LogP) is 1.30. The van der Waals surface area contributed by atoms with E-state index in [4.69, 9.17) is 0 Å². The lowest BCUT2D eigenvalue weighted by atomic mass is 9.96. The van der Waals surface area contributed by atoms with E-state index in [9.17, 15) is 14.4 Å². The first kappa shape index (κ1) is 12.8. The molecule has 3 amide bonds. The minimum atomic E-state index is -0.957. The number of amides is 3. The van der Waals surface area contributed by atoms with Gasteiger partial charge in [-0.15, -0.1) is 0 Å². The Labute approximate surface area is 112 Å². The number of hydrogen-bond acceptors (Lipinski definition) is 3. The highest BCUT2D eigenvalue weighted by atomic mass is 79.9. The van der Waals surface area contributed by atoms with E-state index in [0.717, 1.165) is 4.47 Å². The van der Waals surface area contributed by atoms with Crippen LogP contribution in [0.3, 0.4) is 0 Å². The van der Waals surface area contributed by atoms with Crippen LogP contribution in [0, 0.1) is 11.8 Å². The maximum absolute atomic E-state index is 11.9. The van der Waals surface area contributed by atoms with Crippen molar-refractivity contribution >= 4 is 39.3 Å². The number of benzene rings is 1. The highest BCUT2D eigenvalue weighted by Crippen LogP contribution is 2.21. The summed E-state index contributed by atoms with van der Waals surface area (Å²) in [4.78, 5) is 34.7. The Hall–Kier alpha value is -1.69. The van der Waals surface area contributed by atoms with Crippen molar-refractivity contribution in [3.8, 4) is 0 Å². The summed E-state index contributed by atoms with van der Waals surface area (Å²) in [5, 5.41) is 4.77. The van der Waals surface area contributed by atoms with Gasteiger partial charge in [-0.25, -0.2) is 0 Å². The normalized spacial score (nSPS) is 22.8. The maximum atomic E-state index is 11.9. The van der Waals surface area contributed by atoms with Gasteiger partial charge in [0.05, 0.1) is 5.92 Å². The predicted molar refractivity (Wildman–Crippen MR) is 68.6 cm³/mol. The summed E-state index contributed by atoms with van der Waals surface area (Å²) < 4.78 is 0.891. The van der Waals surface area contributed by atoms with Gasteiger partial charge in [0.1, 0.15) is 5.92 Å². The van der Waals surface area contributed by atoms with Crippen LogP contribution in [0.5, 0.6) is 0 Å². The van der Waals surface area contributed by atoms with Gasteiger partial charge in [0, 0.05) is 10.2 Å². The van der Waals surface area contributed by atoms with Crippen molar-refractivity contribution in [2.24, 2.45) is 11.8 Å². The van der Waals surface area contributed by atoms with Crippen LogP contribution in [0.1, 0.15) is 6.92 Å². The van der Waals surface area contributed by atoms with Crippen molar-refractivity contribution in [3.63, 3.8) is 0 Å². The molecule has 0 aromatic heterocycles. The van der Waals surface area contributed by atoms with Gasteiger partial charge in [-0.1, -0.05) is 22.9 Å². The summed E-state index contributed by atoms with van der Waals surface area (Å²) in [7, 11) is 0. The average molecular weight is 311 g/mol. The Morgan fingerprint density at radius 1 is 1.22 bits per heavy atom. The smallest absolute Gasteiger partial charge is 0.239 e. The van der Waals surface area contributed by atoms with E-state index >= 15 is 0 Å². The molecular weight excluding hydrogens is 300 g/mol. The molecule has 0 bridgehead atoms. The first-order chi connectivity index (χ1) is 8.49. The zero-order chi connectivity index (χ0) is 13.3. The number of carbonyl (C=O) groups is 3. The van der Waals surface area contributed by atoms with E-state index in [1.54, 1.807) is 31.2 Å². The van der Waals surface area contributed by atoms with Gasteiger partial charge in [-0.3, -0.25) is 19.7 Å². The second-order valence-electron chi connectivity index (χ2n) is 4.12. The van der Waals surface area contributed by atoms with Crippen LogP contribution in [-0.2, 0) is 14.4 Å². The molecule has 2 unspecified atom stereocenters. The molecule has 1 heterocycles. The highest BCUT2D eigenvalue weighted by Gasteiger charge is 2.43. The lowest BCUT2D eigenvalue weighted by molar-refractivity contribution is -0.131. The Bertz CT molecular complexity index is 513. The van der Waals surface area contributed by atoms with Crippen LogP contribution < -0.4 is 10.6 Å². The van der Waals surface area contributed by atoms with E-state index < -0.39 is 29.6 Å². The van der Waals surface area contributed by atoms with Crippen LogP contribution in [0.2, 0.25) is 0 Å². The summed E-state index contributed by atoms with van der Waals surface area (Å²) in [6.45, 7) is 1.56. The molecule has 1 aromatic rings. The zero-order valence-electron chi connectivity index (χ0n) is 9.57. The third-order valence-electron chi connectivity index (χ3n) is 2.84. The third-order valence-corrected chi connectivity index (χ3v) is 3.37. The van der Waals surface area contributed by atoms with Crippen molar-refractivity contribution in [1.29, 1.82) is 0 Å². The molecule has 1 fully saturated rings. The lowest BCUT2D eigenvalue weighted by Crippen LogP contribution is -2.31. The molecule has 5 nitrogen and oxygen atoms in total.